The molecule has 4 rings (SSSR count). The third kappa shape index (κ3) is 4.23. The van der Waals surface area contributed by atoms with Gasteiger partial charge in [0.25, 0.3) is 0 Å². The Labute approximate surface area is 167 Å². The fourth-order valence-corrected chi connectivity index (χ4v) is 4.24. The van der Waals surface area contributed by atoms with Gasteiger partial charge in [-0.2, -0.15) is 0 Å². The summed E-state index contributed by atoms with van der Waals surface area (Å²) in [7, 11) is 1.71. The maximum atomic E-state index is 5.65. The molecule has 1 aromatic heterocycles. The molecule has 0 bridgehead atoms. The largest absolute Gasteiger partial charge is 0.496 e. The van der Waals surface area contributed by atoms with E-state index in [1.165, 1.54) is 19.4 Å². The zero-order valence-electron chi connectivity index (χ0n) is 16.8. The van der Waals surface area contributed by atoms with Gasteiger partial charge in [-0.05, 0) is 44.1 Å². The Morgan fingerprint density at radius 2 is 2.07 bits per heavy atom. The fraction of sp³-hybridized carbons (Fsp3) is 0.500. The third-order valence-electron chi connectivity index (χ3n) is 5.66. The second-order valence-electron chi connectivity index (χ2n) is 7.43. The number of rotatable bonds is 8. The lowest BCUT2D eigenvalue weighted by atomic mass is 10.1. The fourth-order valence-electron chi connectivity index (χ4n) is 4.24. The number of methoxy groups -OCH3 is 1. The van der Waals surface area contributed by atoms with Crippen molar-refractivity contribution >= 4 is 0 Å². The summed E-state index contributed by atoms with van der Waals surface area (Å²) in [6, 6.07) is 10.7. The van der Waals surface area contributed by atoms with Crippen LogP contribution in [0.25, 0.3) is 0 Å². The maximum absolute atomic E-state index is 5.65. The van der Waals surface area contributed by atoms with Crippen LogP contribution in [0.5, 0.6) is 17.2 Å². The van der Waals surface area contributed by atoms with Crippen molar-refractivity contribution in [3.63, 3.8) is 0 Å². The van der Waals surface area contributed by atoms with E-state index in [2.05, 4.69) is 39.9 Å². The monoisotopic (exact) mass is 383 g/mol. The summed E-state index contributed by atoms with van der Waals surface area (Å²) in [4.78, 5) is 9.60. The van der Waals surface area contributed by atoms with Gasteiger partial charge in [0.15, 0.2) is 11.5 Å². The lowest BCUT2D eigenvalue weighted by Crippen LogP contribution is -2.40. The Morgan fingerprint density at radius 3 is 2.82 bits per heavy atom. The van der Waals surface area contributed by atoms with Crippen LogP contribution in [0.3, 0.4) is 0 Å². The molecule has 0 unspecified atom stereocenters. The topological polar surface area (TPSA) is 47.1 Å². The zero-order chi connectivity index (χ0) is 19.3. The molecule has 28 heavy (non-hydrogen) atoms. The number of likely N-dealkylation sites (N-methyl/N-ethyl adjacent to an activating group) is 1. The first-order valence-electron chi connectivity index (χ1n) is 10.1. The lowest BCUT2D eigenvalue weighted by Gasteiger charge is -2.30. The molecule has 1 fully saturated rings. The molecule has 1 aromatic carbocycles. The average molecular weight is 383 g/mol. The number of pyridine rings is 1. The molecule has 0 radical (unpaired) electrons. The number of likely N-dealkylation sites (tertiary alicyclic amines) is 1. The molecule has 0 N–H and O–H groups in total. The zero-order valence-corrected chi connectivity index (χ0v) is 16.8. The summed E-state index contributed by atoms with van der Waals surface area (Å²) in [5, 5.41) is 0. The summed E-state index contributed by atoms with van der Waals surface area (Å²) in [5.41, 5.74) is 2.20. The summed E-state index contributed by atoms with van der Waals surface area (Å²) >= 11 is 0. The van der Waals surface area contributed by atoms with Gasteiger partial charge in [-0.1, -0.05) is 13.0 Å². The number of hydrogen-bond acceptors (Lipinski definition) is 6. The lowest BCUT2D eigenvalue weighted by molar-refractivity contribution is 0.163. The highest BCUT2D eigenvalue weighted by Gasteiger charge is 2.26. The predicted octanol–water partition coefficient (Wildman–Crippen LogP) is 3.31. The maximum Gasteiger partial charge on any atom is 0.231 e. The van der Waals surface area contributed by atoms with Gasteiger partial charge in [-0.3, -0.25) is 14.8 Å². The highest BCUT2D eigenvalue weighted by Crippen LogP contribution is 2.38. The van der Waals surface area contributed by atoms with Crippen LogP contribution < -0.4 is 14.2 Å². The van der Waals surface area contributed by atoms with Crippen LogP contribution in [-0.4, -0.2) is 54.4 Å². The van der Waals surface area contributed by atoms with Crippen LogP contribution in [0, 0.1) is 0 Å². The minimum Gasteiger partial charge on any atom is -0.496 e. The molecule has 0 amide bonds. The van der Waals surface area contributed by atoms with E-state index < -0.39 is 0 Å². The van der Waals surface area contributed by atoms with E-state index in [4.69, 9.17) is 14.2 Å². The van der Waals surface area contributed by atoms with Crippen LogP contribution in [-0.2, 0) is 13.1 Å². The SMILES string of the molecule is CCN1CCC[C@H]1CN(Cc1ccccn1)Cc1cc2c(cc1OC)OCO2. The second-order valence-corrected chi connectivity index (χ2v) is 7.43. The molecular formula is C22H29N3O3. The van der Waals surface area contributed by atoms with Gasteiger partial charge < -0.3 is 14.2 Å². The van der Waals surface area contributed by atoms with Gasteiger partial charge in [-0.25, -0.2) is 0 Å². The van der Waals surface area contributed by atoms with E-state index in [-0.39, 0.29) is 6.79 Å². The second kappa shape index (κ2) is 8.80. The van der Waals surface area contributed by atoms with Gasteiger partial charge in [0.1, 0.15) is 5.75 Å². The van der Waals surface area contributed by atoms with E-state index in [0.717, 1.165) is 54.7 Å². The van der Waals surface area contributed by atoms with Crippen molar-refractivity contribution in [1.82, 2.24) is 14.8 Å². The van der Waals surface area contributed by atoms with Crippen LogP contribution in [0.15, 0.2) is 36.5 Å². The van der Waals surface area contributed by atoms with Gasteiger partial charge in [0, 0.05) is 43.5 Å². The van der Waals surface area contributed by atoms with Gasteiger partial charge in [0.2, 0.25) is 6.79 Å². The molecule has 6 heteroatoms. The van der Waals surface area contributed by atoms with Gasteiger partial charge in [-0.15, -0.1) is 0 Å². The summed E-state index contributed by atoms with van der Waals surface area (Å²) in [6.07, 6.45) is 4.40. The Hall–Kier alpha value is -2.31. The van der Waals surface area contributed by atoms with Crippen molar-refractivity contribution in [2.24, 2.45) is 0 Å². The van der Waals surface area contributed by atoms with E-state index in [1.54, 1.807) is 7.11 Å². The van der Waals surface area contributed by atoms with E-state index >= 15 is 0 Å². The van der Waals surface area contributed by atoms with Crippen molar-refractivity contribution in [2.45, 2.75) is 38.9 Å². The highest BCUT2D eigenvalue weighted by molar-refractivity contribution is 5.51. The first-order valence-corrected chi connectivity index (χ1v) is 10.1. The molecular weight excluding hydrogens is 354 g/mol. The number of aromatic nitrogens is 1. The van der Waals surface area contributed by atoms with Crippen LogP contribution in [0.2, 0.25) is 0 Å². The minimum atomic E-state index is 0.271. The molecule has 2 aliphatic heterocycles. The predicted molar refractivity (Wildman–Crippen MR) is 108 cm³/mol. The molecule has 0 aliphatic carbocycles. The van der Waals surface area contributed by atoms with Crippen molar-refractivity contribution < 1.29 is 14.2 Å². The standard InChI is InChI=1S/C22H29N3O3/c1-3-25-10-6-8-19(25)15-24(14-18-7-4-5-9-23-18)13-17-11-21-22(28-16-27-21)12-20(17)26-2/h4-5,7,9,11-12,19H,3,6,8,10,13-16H2,1-2H3/t19-/m0/s1. The van der Waals surface area contributed by atoms with Crippen LogP contribution in [0.1, 0.15) is 31.0 Å². The number of nitrogens with zero attached hydrogens (tertiary/aromatic N) is 3. The molecule has 3 heterocycles. The normalized spacial score (nSPS) is 18.8. The average Bonchev–Trinajstić information content (AvgIpc) is 3.36. The minimum absolute atomic E-state index is 0.271. The molecule has 0 saturated carbocycles. The number of fused-ring (bicyclic) bond motifs is 1. The van der Waals surface area contributed by atoms with Gasteiger partial charge in [0.05, 0.1) is 12.8 Å². The van der Waals surface area contributed by atoms with E-state index in [9.17, 15) is 0 Å². The van der Waals surface area contributed by atoms with E-state index in [1.807, 2.05) is 18.3 Å². The van der Waals surface area contributed by atoms with Gasteiger partial charge >= 0.3 is 0 Å². The van der Waals surface area contributed by atoms with E-state index in [0.29, 0.717) is 6.04 Å². The number of benzene rings is 1. The number of ether oxygens (including phenoxy) is 3. The van der Waals surface area contributed by atoms with Crippen molar-refractivity contribution in [3.8, 4) is 17.2 Å². The van der Waals surface area contributed by atoms with Crippen LogP contribution >= 0.6 is 0 Å². The van der Waals surface area contributed by atoms with Crippen molar-refractivity contribution in [2.75, 3.05) is 33.5 Å². The third-order valence-corrected chi connectivity index (χ3v) is 5.66. The smallest absolute Gasteiger partial charge is 0.231 e. The quantitative estimate of drug-likeness (QED) is 0.697. The number of hydrogen-bond donors (Lipinski definition) is 0. The summed E-state index contributed by atoms with van der Waals surface area (Å²) < 4.78 is 16.7. The first-order chi connectivity index (χ1) is 13.8. The van der Waals surface area contributed by atoms with Crippen molar-refractivity contribution in [3.05, 3.63) is 47.8 Å². The first kappa shape index (κ1) is 19.0. The summed E-state index contributed by atoms with van der Waals surface area (Å²) in [6.45, 7) is 7.44. The molecule has 6 nitrogen and oxygen atoms in total. The molecule has 2 aromatic rings. The Balaban J connectivity index is 1.56. The molecule has 150 valence electrons. The molecule has 2 aliphatic rings. The molecule has 1 saturated heterocycles. The van der Waals surface area contributed by atoms with Crippen LogP contribution in [0.4, 0.5) is 0 Å². The molecule has 0 spiro atoms. The Kier molecular flexibility index (Phi) is 5.98. The molecule has 1 atom stereocenters. The highest BCUT2D eigenvalue weighted by atomic mass is 16.7. The van der Waals surface area contributed by atoms with Crippen molar-refractivity contribution in [1.29, 1.82) is 0 Å². The Morgan fingerprint density at radius 1 is 1.21 bits per heavy atom. The summed E-state index contributed by atoms with van der Waals surface area (Å²) in [5.74, 6) is 2.39. The Bertz CT molecular complexity index is 784.